The Labute approximate surface area is 115 Å². The van der Waals surface area contributed by atoms with Crippen molar-refractivity contribution in [3.8, 4) is 0 Å². The van der Waals surface area contributed by atoms with Gasteiger partial charge in [0.1, 0.15) is 0 Å². The first-order valence-electron chi connectivity index (χ1n) is 5.45. The predicted octanol–water partition coefficient (Wildman–Crippen LogP) is 2.41. The number of hydrogen-bond donors (Lipinski definition) is 3. The quantitative estimate of drug-likeness (QED) is 0.780. The average Bonchev–Trinajstić information content (AvgIpc) is 2.20. The van der Waals surface area contributed by atoms with Crippen LogP contribution in [0.5, 0.6) is 0 Å². The molecule has 0 spiro atoms. The van der Waals surface area contributed by atoms with E-state index in [9.17, 15) is 5.11 Å². The van der Waals surface area contributed by atoms with Crippen LogP contribution in [0.2, 0.25) is 5.02 Å². The molecular weight excluding hydrogens is 305 g/mol. The minimum atomic E-state index is -0.558. The maximum absolute atomic E-state index is 9.81. The lowest BCUT2D eigenvalue weighted by molar-refractivity contribution is 0.140. The van der Waals surface area contributed by atoms with Gasteiger partial charge in [-0.1, -0.05) is 27.5 Å². The van der Waals surface area contributed by atoms with Gasteiger partial charge in [-0.15, -0.1) is 0 Å². The van der Waals surface area contributed by atoms with E-state index in [0.717, 1.165) is 15.6 Å². The molecule has 0 aliphatic rings. The van der Waals surface area contributed by atoms with Gasteiger partial charge in [-0.3, -0.25) is 0 Å². The van der Waals surface area contributed by atoms with Gasteiger partial charge in [0.2, 0.25) is 0 Å². The van der Waals surface area contributed by atoms with Crippen molar-refractivity contribution in [1.82, 2.24) is 5.32 Å². The summed E-state index contributed by atoms with van der Waals surface area (Å²) in [7, 11) is 0. The number of aliphatic hydroxyl groups excluding tert-OH is 2. The summed E-state index contributed by atoms with van der Waals surface area (Å²) < 4.78 is 0.860. The average molecular weight is 323 g/mol. The van der Waals surface area contributed by atoms with E-state index in [4.69, 9.17) is 16.7 Å². The molecule has 0 bridgehead atoms. The van der Waals surface area contributed by atoms with Crippen molar-refractivity contribution in [2.24, 2.45) is 0 Å². The molecule has 2 atom stereocenters. The number of halogens is 2. The van der Waals surface area contributed by atoms with E-state index in [1.165, 1.54) is 0 Å². The minimum Gasteiger partial charge on any atom is -0.395 e. The molecule has 0 radical (unpaired) electrons. The van der Waals surface area contributed by atoms with Gasteiger partial charge in [0, 0.05) is 16.0 Å². The molecule has 0 heterocycles. The third-order valence-electron chi connectivity index (χ3n) is 2.57. The van der Waals surface area contributed by atoms with Crippen molar-refractivity contribution >= 4 is 27.5 Å². The summed E-state index contributed by atoms with van der Waals surface area (Å²) in [5.41, 5.74) is 1.97. The second kappa shape index (κ2) is 6.71. The van der Waals surface area contributed by atoms with E-state index in [-0.39, 0.29) is 12.6 Å². The highest BCUT2D eigenvalue weighted by atomic mass is 79.9. The Morgan fingerprint density at radius 1 is 1.47 bits per heavy atom. The largest absolute Gasteiger partial charge is 0.395 e. The van der Waals surface area contributed by atoms with Gasteiger partial charge in [-0.25, -0.2) is 0 Å². The Bertz CT molecular complexity index is 362. The van der Waals surface area contributed by atoms with Crippen LogP contribution in [0.4, 0.5) is 0 Å². The van der Waals surface area contributed by atoms with Crippen LogP contribution < -0.4 is 5.32 Å². The SMILES string of the molecule is Cc1cc(Cl)cc(Br)c1C(NCCO)C(C)O. The van der Waals surface area contributed by atoms with E-state index in [2.05, 4.69) is 21.2 Å². The first kappa shape index (κ1) is 14.9. The zero-order valence-electron chi connectivity index (χ0n) is 9.87. The molecule has 0 amide bonds. The topological polar surface area (TPSA) is 52.5 Å². The van der Waals surface area contributed by atoms with Crippen molar-refractivity contribution in [2.45, 2.75) is 26.0 Å². The molecule has 2 unspecified atom stereocenters. The van der Waals surface area contributed by atoms with E-state index in [0.29, 0.717) is 11.6 Å². The molecule has 3 nitrogen and oxygen atoms in total. The third kappa shape index (κ3) is 3.93. The first-order chi connectivity index (χ1) is 7.97. The Morgan fingerprint density at radius 3 is 2.59 bits per heavy atom. The van der Waals surface area contributed by atoms with Crippen LogP contribution in [0.15, 0.2) is 16.6 Å². The third-order valence-corrected chi connectivity index (χ3v) is 3.44. The van der Waals surface area contributed by atoms with Gasteiger partial charge < -0.3 is 15.5 Å². The van der Waals surface area contributed by atoms with Crippen LogP contribution in [0.1, 0.15) is 24.1 Å². The molecule has 0 aliphatic carbocycles. The number of aryl methyl sites for hydroxylation is 1. The summed E-state index contributed by atoms with van der Waals surface area (Å²) >= 11 is 9.42. The lowest BCUT2D eigenvalue weighted by Crippen LogP contribution is -2.33. The summed E-state index contributed by atoms with van der Waals surface area (Å²) in [5, 5.41) is 22.4. The molecule has 1 aromatic rings. The standard InChI is InChI=1S/C12H17BrClNO2/c1-7-5-9(14)6-10(13)11(7)12(8(2)17)15-3-4-16/h5-6,8,12,15-17H,3-4H2,1-2H3. The van der Waals surface area contributed by atoms with Gasteiger partial charge in [-0.05, 0) is 37.1 Å². The van der Waals surface area contributed by atoms with Crippen molar-refractivity contribution in [3.63, 3.8) is 0 Å². The summed E-state index contributed by atoms with van der Waals surface area (Å²) in [6.45, 7) is 4.13. The molecule has 96 valence electrons. The molecule has 5 heteroatoms. The second-order valence-corrected chi connectivity index (χ2v) is 5.30. The van der Waals surface area contributed by atoms with Crippen molar-refractivity contribution < 1.29 is 10.2 Å². The van der Waals surface area contributed by atoms with Crippen LogP contribution in [-0.4, -0.2) is 29.5 Å². The first-order valence-corrected chi connectivity index (χ1v) is 6.62. The van der Waals surface area contributed by atoms with Gasteiger partial charge in [0.25, 0.3) is 0 Å². The van der Waals surface area contributed by atoms with E-state index < -0.39 is 6.10 Å². The molecule has 0 aliphatic heterocycles. The lowest BCUT2D eigenvalue weighted by Gasteiger charge is -2.24. The number of aliphatic hydroxyl groups is 2. The summed E-state index contributed by atoms with van der Waals surface area (Å²) in [6.07, 6.45) is -0.558. The highest BCUT2D eigenvalue weighted by Gasteiger charge is 2.21. The molecular formula is C12H17BrClNO2. The van der Waals surface area contributed by atoms with E-state index >= 15 is 0 Å². The highest BCUT2D eigenvalue weighted by molar-refractivity contribution is 9.10. The van der Waals surface area contributed by atoms with Gasteiger partial charge in [0.15, 0.2) is 0 Å². The van der Waals surface area contributed by atoms with E-state index in [1.807, 2.05) is 13.0 Å². The molecule has 0 aromatic heterocycles. The fourth-order valence-corrected chi connectivity index (χ4v) is 3.05. The summed E-state index contributed by atoms with van der Waals surface area (Å²) in [4.78, 5) is 0. The Kier molecular flexibility index (Phi) is 5.89. The van der Waals surface area contributed by atoms with Crippen molar-refractivity contribution in [2.75, 3.05) is 13.2 Å². The van der Waals surface area contributed by atoms with Crippen LogP contribution in [0.3, 0.4) is 0 Å². The minimum absolute atomic E-state index is 0.0352. The number of benzene rings is 1. The maximum Gasteiger partial charge on any atom is 0.0707 e. The maximum atomic E-state index is 9.81. The molecule has 1 rings (SSSR count). The Hall–Kier alpha value is -0.130. The van der Waals surface area contributed by atoms with Crippen LogP contribution in [0, 0.1) is 6.92 Å². The van der Waals surface area contributed by atoms with Gasteiger partial charge in [0.05, 0.1) is 18.8 Å². The molecule has 17 heavy (non-hydrogen) atoms. The van der Waals surface area contributed by atoms with Crippen molar-refractivity contribution in [1.29, 1.82) is 0 Å². The molecule has 1 aromatic carbocycles. The van der Waals surface area contributed by atoms with Crippen LogP contribution in [0.25, 0.3) is 0 Å². The van der Waals surface area contributed by atoms with Crippen LogP contribution in [-0.2, 0) is 0 Å². The lowest BCUT2D eigenvalue weighted by atomic mass is 9.97. The zero-order chi connectivity index (χ0) is 13.0. The predicted molar refractivity (Wildman–Crippen MR) is 73.4 cm³/mol. The fourth-order valence-electron chi connectivity index (χ4n) is 1.84. The normalized spacial score (nSPS) is 14.7. The van der Waals surface area contributed by atoms with Gasteiger partial charge >= 0.3 is 0 Å². The Balaban J connectivity index is 3.09. The number of rotatable bonds is 5. The molecule has 0 fully saturated rings. The zero-order valence-corrected chi connectivity index (χ0v) is 12.2. The second-order valence-electron chi connectivity index (χ2n) is 4.01. The number of hydrogen-bond acceptors (Lipinski definition) is 3. The fraction of sp³-hybridized carbons (Fsp3) is 0.500. The summed E-state index contributed by atoms with van der Waals surface area (Å²) in [6, 6.07) is 3.44. The number of nitrogens with one attached hydrogen (secondary N) is 1. The smallest absolute Gasteiger partial charge is 0.0707 e. The molecule has 0 saturated carbocycles. The van der Waals surface area contributed by atoms with Gasteiger partial charge in [-0.2, -0.15) is 0 Å². The molecule has 3 N–H and O–H groups in total. The Morgan fingerprint density at radius 2 is 2.12 bits per heavy atom. The summed E-state index contributed by atoms with van der Waals surface area (Å²) in [5.74, 6) is 0. The van der Waals surface area contributed by atoms with Crippen molar-refractivity contribution in [3.05, 3.63) is 32.8 Å². The van der Waals surface area contributed by atoms with Crippen LogP contribution >= 0.6 is 27.5 Å². The monoisotopic (exact) mass is 321 g/mol. The van der Waals surface area contributed by atoms with E-state index in [1.54, 1.807) is 13.0 Å². The highest BCUT2D eigenvalue weighted by Crippen LogP contribution is 2.31. The molecule has 0 saturated heterocycles.